The molecule has 32 heavy (non-hydrogen) atoms. The van der Waals surface area contributed by atoms with Crippen LogP contribution < -0.4 is 0 Å². The minimum atomic E-state index is 0.449. The van der Waals surface area contributed by atoms with E-state index in [9.17, 15) is 0 Å². The second-order valence-corrected chi connectivity index (χ2v) is 12.9. The van der Waals surface area contributed by atoms with Crippen LogP contribution in [0, 0.1) is 46.3 Å². The van der Waals surface area contributed by atoms with Crippen LogP contribution in [0.3, 0.4) is 0 Å². The lowest BCUT2D eigenvalue weighted by molar-refractivity contribution is -0.108. The zero-order valence-corrected chi connectivity index (χ0v) is 21.5. The van der Waals surface area contributed by atoms with Crippen LogP contribution in [-0.4, -0.2) is 28.5 Å². The number of pyridine rings is 1. The summed E-state index contributed by atoms with van der Waals surface area (Å²) in [5.41, 5.74) is 5.23. The SMILES string of the molecule is CC(=N[C@H]1C[C@H]2C[C@@H]([C@@H]1C)C2(C)C)c1cccc(C(C)=N[C@H]2C[C@H]3C[C@@H]([C@@H]2C)C3(C)C)n1. The van der Waals surface area contributed by atoms with Crippen molar-refractivity contribution in [1.29, 1.82) is 0 Å². The number of hydrogen-bond donors (Lipinski definition) is 0. The van der Waals surface area contributed by atoms with Gasteiger partial charge in [-0.15, -0.1) is 0 Å². The third kappa shape index (κ3) is 3.32. The van der Waals surface area contributed by atoms with Gasteiger partial charge in [0.25, 0.3) is 0 Å². The fourth-order valence-corrected chi connectivity index (χ4v) is 8.05. The second kappa shape index (κ2) is 7.50. The van der Waals surface area contributed by atoms with Crippen LogP contribution >= 0.6 is 0 Å². The van der Waals surface area contributed by atoms with Crippen LogP contribution in [0.4, 0.5) is 0 Å². The van der Waals surface area contributed by atoms with Gasteiger partial charge >= 0.3 is 0 Å². The Morgan fingerprint density at radius 3 is 1.50 bits per heavy atom. The molecule has 0 amide bonds. The van der Waals surface area contributed by atoms with Crippen LogP contribution in [0.2, 0.25) is 0 Å². The molecule has 3 nitrogen and oxygen atoms in total. The summed E-state index contributed by atoms with van der Waals surface area (Å²) in [6.45, 7) is 19.0. The summed E-state index contributed by atoms with van der Waals surface area (Å²) >= 11 is 0. The molecule has 8 atom stereocenters. The molecule has 6 aliphatic carbocycles. The van der Waals surface area contributed by atoms with E-state index in [1.165, 1.54) is 25.7 Å². The van der Waals surface area contributed by atoms with Gasteiger partial charge in [-0.1, -0.05) is 47.6 Å². The standard InChI is InChI=1S/C29H43N3/c1-16-22-12-20(28(22,5)6)14-26(16)30-18(3)24-10-9-11-25(32-24)19(4)31-27-15-21-13-23(17(27)2)29(21,7)8/h9-11,16-17,20-23,26-27H,12-15H2,1-8H3/t16-,17-,20+,21+,22-,23-,26-,27-/m0/s1. The molecule has 0 aromatic carbocycles. The molecule has 174 valence electrons. The number of rotatable bonds is 4. The zero-order valence-electron chi connectivity index (χ0n) is 21.5. The van der Waals surface area contributed by atoms with Crippen LogP contribution in [0.15, 0.2) is 28.2 Å². The van der Waals surface area contributed by atoms with E-state index in [-0.39, 0.29) is 0 Å². The molecule has 1 aromatic rings. The Morgan fingerprint density at radius 1 is 0.750 bits per heavy atom. The average Bonchev–Trinajstić information content (AvgIpc) is 2.75. The lowest BCUT2D eigenvalue weighted by Gasteiger charge is -2.61. The van der Waals surface area contributed by atoms with Gasteiger partial charge in [0, 0.05) is 0 Å². The summed E-state index contributed by atoms with van der Waals surface area (Å²) in [6, 6.07) is 7.27. The first kappa shape index (κ1) is 22.3. The summed E-state index contributed by atoms with van der Waals surface area (Å²) in [5.74, 6) is 4.66. The third-order valence-corrected chi connectivity index (χ3v) is 10.8. The van der Waals surface area contributed by atoms with E-state index in [0.717, 1.165) is 46.5 Å². The largest absolute Gasteiger partial charge is 0.284 e. The molecule has 0 N–H and O–H groups in total. The van der Waals surface area contributed by atoms with E-state index in [1.807, 2.05) is 0 Å². The van der Waals surface area contributed by atoms with Gasteiger partial charge < -0.3 is 0 Å². The van der Waals surface area contributed by atoms with Crippen molar-refractivity contribution in [3.05, 3.63) is 29.6 Å². The van der Waals surface area contributed by atoms with Gasteiger partial charge in [0.2, 0.25) is 0 Å². The highest BCUT2D eigenvalue weighted by molar-refractivity contribution is 6.00. The smallest absolute Gasteiger partial charge is 0.0845 e. The molecular formula is C29H43N3. The molecule has 4 bridgehead atoms. The quantitative estimate of drug-likeness (QED) is 0.479. The third-order valence-electron chi connectivity index (χ3n) is 10.8. The zero-order chi connectivity index (χ0) is 23.0. The van der Waals surface area contributed by atoms with Crippen molar-refractivity contribution in [2.45, 2.75) is 93.2 Å². The second-order valence-electron chi connectivity index (χ2n) is 12.9. The number of fused-ring (bicyclic) bond motifs is 4. The maximum absolute atomic E-state index is 5.21. The Balaban J connectivity index is 1.32. The lowest BCUT2D eigenvalue weighted by Crippen LogP contribution is -2.56. The molecule has 6 saturated carbocycles. The van der Waals surface area contributed by atoms with Crippen molar-refractivity contribution in [1.82, 2.24) is 4.98 Å². The van der Waals surface area contributed by atoms with Crippen molar-refractivity contribution < 1.29 is 0 Å². The van der Waals surface area contributed by atoms with Crippen molar-refractivity contribution >= 4 is 11.4 Å². The number of nitrogens with zero attached hydrogens (tertiary/aromatic N) is 3. The molecule has 1 aromatic heterocycles. The normalized spacial score (nSPS) is 42.1. The molecule has 0 radical (unpaired) electrons. The molecular weight excluding hydrogens is 390 g/mol. The lowest BCUT2D eigenvalue weighted by atomic mass is 9.45. The maximum atomic E-state index is 5.21. The minimum absolute atomic E-state index is 0.449. The highest BCUT2D eigenvalue weighted by atomic mass is 14.9. The van der Waals surface area contributed by atoms with E-state index in [1.54, 1.807) is 0 Å². The van der Waals surface area contributed by atoms with Crippen LogP contribution in [0.5, 0.6) is 0 Å². The van der Waals surface area contributed by atoms with E-state index in [4.69, 9.17) is 15.0 Å². The van der Waals surface area contributed by atoms with Crippen LogP contribution in [-0.2, 0) is 0 Å². The molecule has 0 aliphatic heterocycles. The first-order valence-corrected chi connectivity index (χ1v) is 13.1. The summed E-state index contributed by atoms with van der Waals surface area (Å²) in [5, 5.41) is 0. The Bertz CT molecular complexity index is 882. The molecule has 3 heteroatoms. The van der Waals surface area contributed by atoms with Crippen LogP contribution in [0.1, 0.15) is 92.5 Å². The number of aromatic nitrogens is 1. The minimum Gasteiger partial charge on any atom is -0.284 e. The fourth-order valence-electron chi connectivity index (χ4n) is 8.05. The maximum Gasteiger partial charge on any atom is 0.0845 e. The van der Waals surface area contributed by atoms with Crippen LogP contribution in [0.25, 0.3) is 0 Å². The van der Waals surface area contributed by atoms with E-state index < -0.39 is 0 Å². The average molecular weight is 434 g/mol. The van der Waals surface area contributed by atoms with Gasteiger partial charge in [-0.2, -0.15) is 0 Å². The Kier molecular flexibility index (Phi) is 5.23. The molecule has 6 fully saturated rings. The Hall–Kier alpha value is -1.51. The van der Waals surface area contributed by atoms with Gasteiger partial charge in [-0.05, 0) is 98.0 Å². The van der Waals surface area contributed by atoms with E-state index >= 15 is 0 Å². The van der Waals surface area contributed by atoms with Crippen molar-refractivity contribution in [2.24, 2.45) is 56.3 Å². The predicted molar refractivity (Wildman–Crippen MR) is 135 cm³/mol. The first-order chi connectivity index (χ1) is 15.0. The Morgan fingerprint density at radius 2 is 1.16 bits per heavy atom. The summed E-state index contributed by atoms with van der Waals surface area (Å²) < 4.78 is 0. The van der Waals surface area contributed by atoms with E-state index in [0.29, 0.717) is 34.7 Å². The van der Waals surface area contributed by atoms with E-state index in [2.05, 4.69) is 73.6 Å². The molecule has 0 spiro atoms. The number of hydrogen-bond acceptors (Lipinski definition) is 3. The Labute approximate surface area is 195 Å². The van der Waals surface area contributed by atoms with Gasteiger partial charge in [-0.3, -0.25) is 9.98 Å². The van der Waals surface area contributed by atoms with Crippen molar-refractivity contribution in [3.8, 4) is 0 Å². The van der Waals surface area contributed by atoms with Crippen molar-refractivity contribution in [2.75, 3.05) is 0 Å². The molecule has 1 heterocycles. The highest BCUT2D eigenvalue weighted by Crippen LogP contribution is 2.62. The van der Waals surface area contributed by atoms with Crippen molar-refractivity contribution in [3.63, 3.8) is 0 Å². The van der Waals surface area contributed by atoms with Gasteiger partial charge in [0.15, 0.2) is 0 Å². The van der Waals surface area contributed by atoms with Gasteiger partial charge in [-0.25, -0.2) is 4.98 Å². The first-order valence-electron chi connectivity index (χ1n) is 13.1. The topological polar surface area (TPSA) is 37.6 Å². The molecule has 0 saturated heterocycles. The van der Waals surface area contributed by atoms with Gasteiger partial charge in [0.05, 0.1) is 34.9 Å². The number of aliphatic imine (C=N–C) groups is 2. The molecule has 0 unspecified atom stereocenters. The molecule has 7 rings (SSSR count). The summed E-state index contributed by atoms with van der Waals surface area (Å²) in [6.07, 6.45) is 5.28. The van der Waals surface area contributed by atoms with Gasteiger partial charge in [0.1, 0.15) is 0 Å². The monoisotopic (exact) mass is 433 g/mol. The molecule has 6 aliphatic rings. The highest BCUT2D eigenvalue weighted by Gasteiger charge is 2.57. The summed E-state index contributed by atoms with van der Waals surface area (Å²) in [4.78, 5) is 15.4. The summed E-state index contributed by atoms with van der Waals surface area (Å²) in [7, 11) is 0. The predicted octanol–water partition coefficient (Wildman–Crippen LogP) is 6.84. The fraction of sp³-hybridized carbons (Fsp3) is 0.759.